The molecule has 1 radical (unpaired) electrons. The zero-order chi connectivity index (χ0) is 29.6. The maximum atomic E-state index is 13.4. The van der Waals surface area contributed by atoms with Gasteiger partial charge in [0.25, 0.3) is 8.96 Å². The molecule has 1 aliphatic carbocycles. The van der Waals surface area contributed by atoms with Crippen molar-refractivity contribution in [3.63, 3.8) is 0 Å². The Morgan fingerprint density at radius 2 is 1.78 bits per heavy atom. The SMILES string of the molecule is CC(C[C@@H](CO)NC(=O)[Si](CC1CCCCC1)NC(=O)OCc1cccc(Cl)c1)C(=O)N(C)CCc1ccccc1. The largest absolute Gasteiger partial charge is 0.445 e. The number of likely N-dealkylation sites (N-methyl/N-ethyl adjacent to an activating group) is 1. The number of carbonyl (C=O) groups is 3. The first-order chi connectivity index (χ1) is 19.7. The van der Waals surface area contributed by atoms with Gasteiger partial charge in [0.15, 0.2) is 0 Å². The number of benzene rings is 2. The summed E-state index contributed by atoms with van der Waals surface area (Å²) >= 11 is 6.02. The molecular weight excluding hydrogens is 558 g/mol. The van der Waals surface area contributed by atoms with Crippen LogP contribution in [0.2, 0.25) is 11.1 Å². The Hall–Kier alpha value is -2.88. The van der Waals surface area contributed by atoms with E-state index in [2.05, 4.69) is 10.3 Å². The molecule has 10 heteroatoms. The predicted molar refractivity (Wildman–Crippen MR) is 163 cm³/mol. The maximum absolute atomic E-state index is 13.4. The molecule has 0 bridgehead atoms. The first kappa shape index (κ1) is 32.6. The van der Waals surface area contributed by atoms with Crippen LogP contribution in [0.5, 0.6) is 0 Å². The van der Waals surface area contributed by atoms with E-state index in [1.165, 1.54) is 6.42 Å². The van der Waals surface area contributed by atoms with E-state index >= 15 is 0 Å². The van der Waals surface area contributed by atoms with Crippen molar-refractivity contribution in [3.8, 4) is 0 Å². The van der Waals surface area contributed by atoms with Crippen molar-refractivity contribution in [3.05, 3.63) is 70.7 Å². The van der Waals surface area contributed by atoms with Gasteiger partial charge in [-0.3, -0.25) is 9.59 Å². The van der Waals surface area contributed by atoms with E-state index in [-0.39, 0.29) is 24.7 Å². The molecule has 8 nitrogen and oxygen atoms in total. The Morgan fingerprint density at radius 3 is 2.46 bits per heavy atom. The van der Waals surface area contributed by atoms with E-state index in [9.17, 15) is 19.5 Å². The molecule has 3 N–H and O–H groups in total. The quantitative estimate of drug-likeness (QED) is 0.248. The summed E-state index contributed by atoms with van der Waals surface area (Å²) < 4.78 is 5.40. The fourth-order valence-electron chi connectivity index (χ4n) is 5.22. The lowest BCUT2D eigenvalue weighted by Gasteiger charge is -2.27. The van der Waals surface area contributed by atoms with Gasteiger partial charge in [-0.25, -0.2) is 4.79 Å². The summed E-state index contributed by atoms with van der Waals surface area (Å²) in [6.45, 7) is 2.15. The number of hydrogen-bond donors (Lipinski definition) is 3. The highest BCUT2D eigenvalue weighted by Crippen LogP contribution is 2.27. The van der Waals surface area contributed by atoms with Gasteiger partial charge in [0.1, 0.15) is 6.61 Å². The van der Waals surface area contributed by atoms with Gasteiger partial charge >= 0.3 is 6.09 Å². The topological polar surface area (TPSA) is 108 Å². The van der Waals surface area contributed by atoms with Gasteiger partial charge < -0.3 is 25.0 Å². The van der Waals surface area contributed by atoms with Crippen LogP contribution in [0.25, 0.3) is 0 Å². The van der Waals surface area contributed by atoms with Gasteiger partial charge in [-0.15, -0.1) is 0 Å². The van der Waals surface area contributed by atoms with Crippen LogP contribution >= 0.6 is 11.6 Å². The Balaban J connectivity index is 1.55. The molecule has 0 heterocycles. The summed E-state index contributed by atoms with van der Waals surface area (Å²) in [6.07, 6.45) is 5.91. The maximum Gasteiger partial charge on any atom is 0.399 e. The number of nitrogens with zero attached hydrogens (tertiary/aromatic N) is 1. The van der Waals surface area contributed by atoms with Gasteiger partial charge in [0.2, 0.25) is 11.4 Å². The molecule has 41 heavy (non-hydrogen) atoms. The smallest absolute Gasteiger partial charge is 0.399 e. The molecule has 3 rings (SSSR count). The Labute approximate surface area is 250 Å². The summed E-state index contributed by atoms with van der Waals surface area (Å²) in [7, 11) is -0.278. The third-order valence-electron chi connectivity index (χ3n) is 7.57. The van der Waals surface area contributed by atoms with E-state index in [1.807, 2.05) is 43.3 Å². The number of halogens is 1. The van der Waals surface area contributed by atoms with Crippen molar-refractivity contribution < 1.29 is 24.2 Å². The normalized spacial score (nSPS) is 15.1. The van der Waals surface area contributed by atoms with Crippen LogP contribution in [-0.4, -0.2) is 62.7 Å². The molecule has 1 fully saturated rings. The average molecular weight is 601 g/mol. The number of nitrogens with one attached hydrogen (secondary N) is 2. The highest BCUT2D eigenvalue weighted by molar-refractivity contribution is 6.89. The third-order valence-corrected chi connectivity index (χ3v) is 9.99. The summed E-state index contributed by atoms with van der Waals surface area (Å²) in [5.74, 6) is -0.0649. The van der Waals surface area contributed by atoms with Gasteiger partial charge in [0.05, 0.1) is 12.6 Å². The van der Waals surface area contributed by atoms with Crippen LogP contribution < -0.4 is 10.3 Å². The highest BCUT2D eigenvalue weighted by atomic mass is 35.5. The first-order valence-electron chi connectivity index (χ1n) is 14.5. The predicted octanol–water partition coefficient (Wildman–Crippen LogP) is 5.52. The zero-order valence-corrected chi connectivity index (χ0v) is 25.9. The van der Waals surface area contributed by atoms with E-state index in [0.717, 1.165) is 43.2 Å². The van der Waals surface area contributed by atoms with Crippen LogP contribution in [0.15, 0.2) is 54.6 Å². The van der Waals surface area contributed by atoms with Crippen molar-refractivity contribution >= 4 is 38.1 Å². The standard InChI is InChI=1S/C31H43ClN3O5Si/c1-23(29(37)35(2)17-16-24-10-5-3-6-11-24)18-28(20-36)33-31(39)41(22-25-12-7-4-8-13-25)34-30(38)40-21-26-14-9-15-27(32)19-26/h3,5-6,9-11,14-15,19,23,25,28,36H,4,7-8,12-13,16-18,20-22H2,1-2H3,(H,33,39)(H,34,38)/t23?,28-/m0/s1. The number of aliphatic hydroxyl groups is 1. The zero-order valence-electron chi connectivity index (χ0n) is 24.1. The molecule has 2 aromatic rings. The van der Waals surface area contributed by atoms with Crippen molar-refractivity contribution in [2.45, 2.75) is 70.6 Å². The lowest BCUT2D eigenvalue weighted by Crippen LogP contribution is -2.54. The van der Waals surface area contributed by atoms with Gasteiger partial charge in [-0.05, 0) is 48.1 Å². The molecule has 1 unspecified atom stereocenters. The molecule has 0 aromatic heterocycles. The second-order valence-corrected chi connectivity index (χ2v) is 13.5. The van der Waals surface area contributed by atoms with Gasteiger partial charge in [0, 0.05) is 24.5 Å². The molecule has 0 spiro atoms. The molecular formula is C31H43ClN3O5Si. The third kappa shape index (κ3) is 11.5. The average Bonchev–Trinajstić information content (AvgIpc) is 2.98. The van der Waals surface area contributed by atoms with Crippen LogP contribution in [0, 0.1) is 11.8 Å². The van der Waals surface area contributed by atoms with E-state index in [0.29, 0.717) is 30.0 Å². The first-order valence-corrected chi connectivity index (χ1v) is 16.6. The molecule has 1 saturated carbocycles. The van der Waals surface area contributed by atoms with Crippen LogP contribution in [0.3, 0.4) is 0 Å². The van der Waals surface area contributed by atoms with Gasteiger partial charge in [-0.2, -0.15) is 0 Å². The minimum Gasteiger partial charge on any atom is -0.445 e. The molecule has 0 saturated heterocycles. The Bertz CT molecular complexity index is 1120. The number of amides is 3. The number of aliphatic hydroxyl groups excluding tert-OH is 1. The highest BCUT2D eigenvalue weighted by Gasteiger charge is 2.32. The molecule has 223 valence electrons. The minimum atomic E-state index is -2.05. The lowest BCUT2D eigenvalue weighted by molar-refractivity contribution is -0.134. The summed E-state index contributed by atoms with van der Waals surface area (Å²) in [5.41, 5.74) is 1.63. The lowest BCUT2D eigenvalue weighted by atomic mass is 9.91. The number of carbonyl (C=O) groups excluding carboxylic acids is 3. The summed E-state index contributed by atoms with van der Waals surface area (Å²) in [6, 6.07) is 17.1. The van der Waals surface area contributed by atoms with Crippen LogP contribution in [0.1, 0.15) is 56.6 Å². The molecule has 1 aliphatic rings. The molecule has 2 atom stereocenters. The monoisotopic (exact) mass is 600 g/mol. The van der Waals surface area contributed by atoms with Crippen molar-refractivity contribution in [1.82, 2.24) is 15.2 Å². The second kappa shape index (κ2) is 17.2. The van der Waals surface area contributed by atoms with E-state index < -0.39 is 27.0 Å². The van der Waals surface area contributed by atoms with Gasteiger partial charge in [-0.1, -0.05) is 93.1 Å². The van der Waals surface area contributed by atoms with Crippen LogP contribution in [0.4, 0.5) is 9.59 Å². The number of ether oxygens (including phenoxy) is 1. The van der Waals surface area contributed by atoms with Crippen molar-refractivity contribution in [1.29, 1.82) is 0 Å². The summed E-state index contributed by atoms with van der Waals surface area (Å²) in [5, 5.41) is 13.5. The second-order valence-electron chi connectivity index (χ2n) is 11.0. The minimum absolute atomic E-state index is 0.0379. The number of hydrogen-bond acceptors (Lipinski definition) is 5. The molecule has 3 amide bonds. The Kier molecular flexibility index (Phi) is 13.7. The number of rotatable bonds is 14. The van der Waals surface area contributed by atoms with Crippen molar-refractivity contribution in [2.75, 3.05) is 20.2 Å². The van der Waals surface area contributed by atoms with Crippen LogP contribution in [-0.2, 0) is 22.6 Å². The van der Waals surface area contributed by atoms with E-state index in [4.69, 9.17) is 16.3 Å². The fourth-order valence-corrected chi connectivity index (χ4v) is 7.52. The molecule has 2 aromatic carbocycles. The van der Waals surface area contributed by atoms with E-state index in [1.54, 1.807) is 30.1 Å². The molecule has 0 aliphatic heterocycles. The Morgan fingerprint density at radius 1 is 1.07 bits per heavy atom. The summed E-state index contributed by atoms with van der Waals surface area (Å²) in [4.78, 5) is 43.7. The van der Waals surface area contributed by atoms with Crippen molar-refractivity contribution in [2.24, 2.45) is 11.8 Å². The fraction of sp³-hybridized carbons (Fsp3) is 0.516.